The molecule has 2 aromatic rings. The number of hydrogen-bond donors (Lipinski definition) is 0. The minimum absolute atomic E-state index is 0.856. The van der Waals surface area contributed by atoms with Crippen molar-refractivity contribution in [2.24, 2.45) is 0 Å². The monoisotopic (exact) mass is 365 g/mol. The summed E-state index contributed by atoms with van der Waals surface area (Å²) >= 11 is 9.65. The number of aromatic nitrogens is 1. The lowest BCUT2D eigenvalue weighted by molar-refractivity contribution is 0.249. The van der Waals surface area contributed by atoms with E-state index in [1.807, 2.05) is 30.5 Å². The Bertz CT molecular complexity index is 595. The van der Waals surface area contributed by atoms with Crippen LogP contribution in [0.15, 0.2) is 47.1 Å². The normalized spacial score (nSPS) is 16.2. The minimum Gasteiger partial charge on any atom is -0.354 e. The summed E-state index contributed by atoms with van der Waals surface area (Å²) in [6.45, 7) is 4.98. The van der Waals surface area contributed by atoms with Crippen molar-refractivity contribution in [3.05, 3.63) is 57.7 Å². The quantitative estimate of drug-likeness (QED) is 0.823. The summed E-state index contributed by atoms with van der Waals surface area (Å²) in [4.78, 5) is 9.23. The molecule has 0 aliphatic carbocycles. The first-order chi connectivity index (χ1) is 10.2. The van der Waals surface area contributed by atoms with Crippen molar-refractivity contribution < 1.29 is 0 Å². The van der Waals surface area contributed by atoms with E-state index in [2.05, 4.69) is 42.8 Å². The van der Waals surface area contributed by atoms with Gasteiger partial charge in [0.1, 0.15) is 5.82 Å². The molecule has 1 fully saturated rings. The second-order valence-corrected chi connectivity index (χ2v) is 6.51. The van der Waals surface area contributed by atoms with Crippen LogP contribution in [-0.2, 0) is 6.54 Å². The number of hydrogen-bond acceptors (Lipinski definition) is 3. The third-order valence-corrected chi connectivity index (χ3v) is 4.60. The molecule has 0 spiro atoms. The first-order valence-electron chi connectivity index (χ1n) is 7.04. The summed E-state index contributed by atoms with van der Waals surface area (Å²) in [5.41, 5.74) is 1.20. The Kier molecular flexibility index (Phi) is 4.78. The fourth-order valence-electron chi connectivity index (χ4n) is 2.56. The van der Waals surface area contributed by atoms with Crippen molar-refractivity contribution in [2.45, 2.75) is 6.54 Å². The highest BCUT2D eigenvalue weighted by Crippen LogP contribution is 2.20. The topological polar surface area (TPSA) is 19.4 Å². The summed E-state index contributed by atoms with van der Waals surface area (Å²) in [5, 5.41) is 0.856. The average molecular weight is 367 g/mol. The van der Waals surface area contributed by atoms with Crippen LogP contribution < -0.4 is 4.90 Å². The highest BCUT2D eigenvalue weighted by Gasteiger charge is 2.18. The number of piperazine rings is 1. The van der Waals surface area contributed by atoms with Gasteiger partial charge in [0.05, 0.1) is 0 Å². The molecular formula is C16H17BrClN3. The van der Waals surface area contributed by atoms with Gasteiger partial charge >= 0.3 is 0 Å². The molecule has 21 heavy (non-hydrogen) atoms. The highest BCUT2D eigenvalue weighted by atomic mass is 79.9. The highest BCUT2D eigenvalue weighted by molar-refractivity contribution is 9.10. The molecule has 5 heteroatoms. The number of halogens is 2. The van der Waals surface area contributed by atoms with E-state index < -0.39 is 0 Å². The Morgan fingerprint density at radius 2 is 1.81 bits per heavy atom. The molecule has 1 aliphatic heterocycles. The van der Waals surface area contributed by atoms with Gasteiger partial charge < -0.3 is 4.90 Å². The second kappa shape index (κ2) is 6.77. The van der Waals surface area contributed by atoms with Gasteiger partial charge in [-0.05, 0) is 39.7 Å². The minimum atomic E-state index is 0.856. The Morgan fingerprint density at radius 3 is 2.48 bits per heavy atom. The molecule has 0 atom stereocenters. The second-order valence-electron chi connectivity index (χ2n) is 5.19. The number of nitrogens with zero attached hydrogens (tertiary/aromatic N) is 3. The standard InChI is InChI=1S/C16H17BrClN3/c17-14-5-6-16(19-11-14)21-9-7-20(8-10-21)12-13-3-1-2-4-15(13)18/h1-6,11H,7-10,12H2. The van der Waals surface area contributed by atoms with Gasteiger partial charge in [0, 0.05) is 48.4 Å². The van der Waals surface area contributed by atoms with Crippen LogP contribution in [0.3, 0.4) is 0 Å². The zero-order chi connectivity index (χ0) is 14.7. The largest absolute Gasteiger partial charge is 0.354 e. The SMILES string of the molecule is Clc1ccccc1CN1CCN(c2ccc(Br)cn2)CC1. The van der Waals surface area contributed by atoms with Crippen LogP contribution in [0.1, 0.15) is 5.56 Å². The molecule has 3 rings (SSSR count). The van der Waals surface area contributed by atoms with E-state index in [1.165, 1.54) is 5.56 Å². The van der Waals surface area contributed by atoms with E-state index in [9.17, 15) is 0 Å². The van der Waals surface area contributed by atoms with E-state index in [4.69, 9.17) is 11.6 Å². The number of pyridine rings is 1. The Hall–Kier alpha value is -1.10. The van der Waals surface area contributed by atoms with Crippen LogP contribution in [-0.4, -0.2) is 36.1 Å². The molecule has 0 amide bonds. The average Bonchev–Trinajstić information content (AvgIpc) is 2.51. The van der Waals surface area contributed by atoms with Crippen LogP contribution in [0.5, 0.6) is 0 Å². The van der Waals surface area contributed by atoms with Gasteiger partial charge in [-0.15, -0.1) is 0 Å². The molecule has 1 aromatic heterocycles. The molecule has 0 bridgehead atoms. The molecule has 3 nitrogen and oxygen atoms in total. The lowest BCUT2D eigenvalue weighted by Crippen LogP contribution is -2.46. The van der Waals surface area contributed by atoms with Crippen molar-refractivity contribution in [3.63, 3.8) is 0 Å². The van der Waals surface area contributed by atoms with Crippen LogP contribution in [0.4, 0.5) is 5.82 Å². The Balaban J connectivity index is 1.58. The molecule has 1 aromatic carbocycles. The third-order valence-electron chi connectivity index (χ3n) is 3.76. The van der Waals surface area contributed by atoms with Gasteiger partial charge in [0.15, 0.2) is 0 Å². The summed E-state index contributed by atoms with van der Waals surface area (Å²) in [5.74, 6) is 1.05. The van der Waals surface area contributed by atoms with Gasteiger partial charge in [-0.3, -0.25) is 4.90 Å². The molecule has 0 N–H and O–H groups in total. The Morgan fingerprint density at radius 1 is 1.05 bits per heavy atom. The van der Waals surface area contributed by atoms with Crippen LogP contribution >= 0.6 is 27.5 Å². The van der Waals surface area contributed by atoms with Gasteiger partial charge in [-0.2, -0.15) is 0 Å². The molecule has 1 saturated heterocycles. The van der Waals surface area contributed by atoms with Crippen molar-refractivity contribution >= 4 is 33.3 Å². The smallest absolute Gasteiger partial charge is 0.128 e. The van der Waals surface area contributed by atoms with Crippen LogP contribution in [0.2, 0.25) is 5.02 Å². The molecule has 0 unspecified atom stereocenters. The molecule has 1 aliphatic rings. The molecule has 0 saturated carbocycles. The van der Waals surface area contributed by atoms with E-state index in [0.717, 1.165) is 48.0 Å². The first kappa shape index (κ1) is 14.8. The number of benzene rings is 1. The van der Waals surface area contributed by atoms with Crippen molar-refractivity contribution in [1.29, 1.82) is 0 Å². The summed E-state index contributed by atoms with van der Waals surface area (Å²) in [6.07, 6.45) is 1.85. The van der Waals surface area contributed by atoms with Crippen molar-refractivity contribution in [1.82, 2.24) is 9.88 Å². The number of anilines is 1. The zero-order valence-corrected chi connectivity index (χ0v) is 14.0. The van der Waals surface area contributed by atoms with Crippen molar-refractivity contribution in [2.75, 3.05) is 31.1 Å². The van der Waals surface area contributed by atoms with E-state index in [0.29, 0.717) is 0 Å². The fraction of sp³-hybridized carbons (Fsp3) is 0.312. The predicted molar refractivity (Wildman–Crippen MR) is 90.9 cm³/mol. The van der Waals surface area contributed by atoms with Gasteiger partial charge in [-0.25, -0.2) is 4.98 Å². The lowest BCUT2D eigenvalue weighted by Gasteiger charge is -2.35. The van der Waals surface area contributed by atoms with Crippen LogP contribution in [0, 0.1) is 0 Å². The maximum absolute atomic E-state index is 6.23. The first-order valence-corrected chi connectivity index (χ1v) is 8.22. The van der Waals surface area contributed by atoms with E-state index in [1.54, 1.807) is 0 Å². The zero-order valence-electron chi connectivity index (χ0n) is 11.7. The molecule has 2 heterocycles. The number of rotatable bonds is 3. The third kappa shape index (κ3) is 3.76. The predicted octanol–water partition coefficient (Wildman–Crippen LogP) is 3.82. The summed E-state index contributed by atoms with van der Waals surface area (Å²) < 4.78 is 1.02. The van der Waals surface area contributed by atoms with Gasteiger partial charge in [0.25, 0.3) is 0 Å². The molecular weight excluding hydrogens is 350 g/mol. The molecule has 0 radical (unpaired) electrons. The maximum atomic E-state index is 6.23. The fourth-order valence-corrected chi connectivity index (χ4v) is 2.99. The van der Waals surface area contributed by atoms with E-state index >= 15 is 0 Å². The van der Waals surface area contributed by atoms with Gasteiger partial charge in [-0.1, -0.05) is 29.8 Å². The summed E-state index contributed by atoms with van der Waals surface area (Å²) in [7, 11) is 0. The van der Waals surface area contributed by atoms with E-state index in [-0.39, 0.29) is 0 Å². The summed E-state index contributed by atoms with van der Waals surface area (Å²) in [6, 6.07) is 12.2. The van der Waals surface area contributed by atoms with Crippen molar-refractivity contribution in [3.8, 4) is 0 Å². The lowest BCUT2D eigenvalue weighted by atomic mass is 10.2. The maximum Gasteiger partial charge on any atom is 0.128 e. The van der Waals surface area contributed by atoms with Crippen LogP contribution in [0.25, 0.3) is 0 Å². The van der Waals surface area contributed by atoms with Gasteiger partial charge in [0.2, 0.25) is 0 Å². The Labute approximate surface area is 138 Å². The molecule has 110 valence electrons.